The Labute approximate surface area is 82.0 Å². The third-order valence-corrected chi connectivity index (χ3v) is 0.677. The number of quaternary nitrogens is 1. The monoisotopic (exact) mass is 142 g/mol. The summed E-state index contributed by atoms with van der Waals surface area (Å²) in [5, 5.41) is 0. The van der Waals surface area contributed by atoms with Crippen LogP contribution in [0.25, 0.3) is 0 Å². The second-order valence-corrected chi connectivity index (χ2v) is 2.76. The van der Waals surface area contributed by atoms with Gasteiger partial charge in [0.25, 0.3) is 0 Å². The van der Waals surface area contributed by atoms with Crippen molar-refractivity contribution in [3.63, 3.8) is 0 Å². The third kappa shape index (κ3) is 10.0. The van der Waals surface area contributed by atoms with Crippen molar-refractivity contribution in [3.8, 4) is 0 Å². The van der Waals surface area contributed by atoms with Gasteiger partial charge in [-0.2, -0.15) is 0 Å². The predicted molar refractivity (Wildman–Crippen MR) is 41.6 cm³/mol. The van der Waals surface area contributed by atoms with Gasteiger partial charge in [0.05, 0.1) is 27.7 Å². The Morgan fingerprint density at radius 1 is 1.38 bits per heavy atom. The average Bonchev–Trinajstić information content (AvgIpc) is 1.30. The maximum absolute atomic E-state index is 3.63. The molecule has 8 heavy (non-hydrogen) atoms. The van der Waals surface area contributed by atoms with E-state index in [-0.39, 0.29) is 37.7 Å². The van der Waals surface area contributed by atoms with Gasteiger partial charge in [0.1, 0.15) is 0 Å². The molecule has 0 bridgehead atoms. The van der Waals surface area contributed by atoms with Gasteiger partial charge in [-0.3, -0.25) is 0 Å². The number of nitrogens with zero attached hydrogens (tertiary/aromatic N) is 1. The fourth-order valence-corrected chi connectivity index (χ4v) is 0.387. The quantitative estimate of drug-likeness (QED) is 0.288. The van der Waals surface area contributed by atoms with E-state index >= 15 is 0 Å². The number of hydrogen-bond donors (Lipinski definition) is 0. The summed E-state index contributed by atoms with van der Waals surface area (Å²) >= 11 is 0. The van der Waals surface area contributed by atoms with E-state index < -0.39 is 0 Å². The normalized spacial score (nSPS) is 9.88. The zero-order valence-electron chi connectivity index (χ0n) is 5.44. The molecule has 0 unspecified atom stereocenters. The molecule has 0 N–H and O–H groups in total. The van der Waals surface area contributed by atoms with Crippen LogP contribution in [0.15, 0.2) is 12.7 Å². The molecule has 0 aliphatic rings. The van der Waals surface area contributed by atoms with Crippen molar-refractivity contribution >= 4 is 37.7 Å². The molecular formula is C6H16CaN+. The van der Waals surface area contributed by atoms with Crippen molar-refractivity contribution in [1.82, 2.24) is 0 Å². The molecule has 0 aromatic rings. The summed E-state index contributed by atoms with van der Waals surface area (Å²) in [6.45, 7) is 4.67. The van der Waals surface area contributed by atoms with Gasteiger partial charge in [0.2, 0.25) is 0 Å². The molecule has 0 saturated heterocycles. The zero-order chi connectivity index (χ0) is 5.91. The van der Waals surface area contributed by atoms with Crippen LogP contribution in [0, 0.1) is 0 Å². The summed E-state index contributed by atoms with van der Waals surface area (Å²) in [4.78, 5) is 0. The van der Waals surface area contributed by atoms with E-state index in [1.54, 1.807) is 0 Å². The van der Waals surface area contributed by atoms with Gasteiger partial charge < -0.3 is 4.48 Å². The summed E-state index contributed by atoms with van der Waals surface area (Å²) in [5.41, 5.74) is 0. The standard InChI is InChI=1S/C6H14N.Ca.2H/c1-5-6-7(2,3)4;;;/h5H,1,6H2,2-4H3;;;/q+1;;;. The van der Waals surface area contributed by atoms with Crippen molar-refractivity contribution in [2.75, 3.05) is 27.7 Å². The zero-order valence-corrected chi connectivity index (χ0v) is 5.44. The third-order valence-electron chi connectivity index (χ3n) is 0.677. The van der Waals surface area contributed by atoms with Crippen LogP contribution in [0.4, 0.5) is 0 Å². The second-order valence-electron chi connectivity index (χ2n) is 2.76. The van der Waals surface area contributed by atoms with Crippen LogP contribution in [-0.2, 0) is 0 Å². The summed E-state index contributed by atoms with van der Waals surface area (Å²) in [5.74, 6) is 0. The number of hydrogen-bond acceptors (Lipinski definition) is 0. The van der Waals surface area contributed by atoms with Gasteiger partial charge in [-0.15, -0.1) is 0 Å². The Hall–Kier alpha value is 0.960. The molecule has 0 amide bonds. The Bertz CT molecular complexity index is 63.4. The van der Waals surface area contributed by atoms with E-state index in [4.69, 9.17) is 0 Å². The van der Waals surface area contributed by atoms with Crippen molar-refractivity contribution in [3.05, 3.63) is 12.7 Å². The Morgan fingerprint density at radius 3 is 1.75 bits per heavy atom. The van der Waals surface area contributed by atoms with Crippen molar-refractivity contribution < 1.29 is 4.48 Å². The van der Waals surface area contributed by atoms with Crippen LogP contribution in [0.1, 0.15) is 0 Å². The first-order valence-electron chi connectivity index (χ1n) is 2.47. The molecule has 0 heterocycles. The molecule has 0 aliphatic carbocycles. The molecule has 1 nitrogen and oxygen atoms in total. The Balaban J connectivity index is 0. The van der Waals surface area contributed by atoms with Crippen LogP contribution in [0.2, 0.25) is 0 Å². The Morgan fingerprint density at radius 2 is 1.75 bits per heavy atom. The molecular weight excluding hydrogens is 126 g/mol. The molecule has 0 aliphatic heterocycles. The molecule has 0 aromatic heterocycles. The first kappa shape index (κ1) is 11.7. The summed E-state index contributed by atoms with van der Waals surface area (Å²) in [6, 6.07) is 0. The van der Waals surface area contributed by atoms with Gasteiger partial charge in [0.15, 0.2) is 0 Å². The van der Waals surface area contributed by atoms with Crippen molar-refractivity contribution in [2.24, 2.45) is 0 Å². The van der Waals surface area contributed by atoms with Crippen LogP contribution >= 0.6 is 0 Å². The van der Waals surface area contributed by atoms with E-state index in [0.717, 1.165) is 11.0 Å². The van der Waals surface area contributed by atoms with Crippen LogP contribution in [0.3, 0.4) is 0 Å². The Kier molecular flexibility index (Phi) is 7.04. The predicted octanol–water partition coefficient (Wildman–Crippen LogP) is -0.0376. The molecule has 0 fully saturated rings. The van der Waals surface area contributed by atoms with E-state index in [2.05, 4.69) is 27.7 Å². The van der Waals surface area contributed by atoms with E-state index in [0.29, 0.717) is 0 Å². The first-order chi connectivity index (χ1) is 3.06. The van der Waals surface area contributed by atoms with Gasteiger partial charge >= 0.3 is 37.7 Å². The summed E-state index contributed by atoms with van der Waals surface area (Å²) in [7, 11) is 6.42. The van der Waals surface area contributed by atoms with Crippen molar-refractivity contribution in [2.45, 2.75) is 0 Å². The molecule has 46 valence electrons. The maximum atomic E-state index is 3.63. The van der Waals surface area contributed by atoms with Crippen LogP contribution < -0.4 is 0 Å². The van der Waals surface area contributed by atoms with E-state index in [1.165, 1.54) is 0 Å². The topological polar surface area (TPSA) is 0 Å². The van der Waals surface area contributed by atoms with Crippen LogP contribution in [-0.4, -0.2) is 69.9 Å². The first-order valence-corrected chi connectivity index (χ1v) is 2.47. The minimum atomic E-state index is 0. The molecule has 0 rings (SSSR count). The van der Waals surface area contributed by atoms with Gasteiger partial charge in [-0.25, -0.2) is 0 Å². The van der Waals surface area contributed by atoms with E-state index in [9.17, 15) is 0 Å². The summed E-state index contributed by atoms with van der Waals surface area (Å²) < 4.78 is 0.976. The molecule has 0 saturated carbocycles. The molecule has 0 spiro atoms. The van der Waals surface area contributed by atoms with Gasteiger partial charge in [0, 0.05) is 0 Å². The van der Waals surface area contributed by atoms with Crippen molar-refractivity contribution in [1.29, 1.82) is 0 Å². The van der Waals surface area contributed by atoms with Crippen LogP contribution in [0.5, 0.6) is 0 Å². The molecule has 0 aromatic carbocycles. The van der Waals surface area contributed by atoms with E-state index in [1.807, 2.05) is 6.08 Å². The number of likely N-dealkylation sites (N-methyl/N-ethyl adjacent to an activating group) is 1. The molecule has 2 heteroatoms. The average molecular weight is 142 g/mol. The van der Waals surface area contributed by atoms with Gasteiger partial charge in [-0.1, -0.05) is 6.58 Å². The summed E-state index contributed by atoms with van der Waals surface area (Å²) in [6.07, 6.45) is 1.93. The minimum absolute atomic E-state index is 0. The molecule has 0 atom stereocenters. The second kappa shape index (κ2) is 4.80. The fraction of sp³-hybridized carbons (Fsp3) is 0.667. The SMILES string of the molecule is C=CC[N+](C)(C)C.[CaH2]. The fourth-order valence-electron chi connectivity index (χ4n) is 0.387. The van der Waals surface area contributed by atoms with Gasteiger partial charge in [-0.05, 0) is 6.08 Å². The molecule has 0 radical (unpaired) electrons. The number of rotatable bonds is 2.